The maximum atomic E-state index is 13.1. The van der Waals surface area contributed by atoms with Crippen LogP contribution in [0.4, 0.5) is 0 Å². The van der Waals surface area contributed by atoms with E-state index in [0.29, 0.717) is 31.6 Å². The second-order valence-electron chi connectivity index (χ2n) is 30.1. The van der Waals surface area contributed by atoms with E-state index in [4.69, 9.17) is 37.0 Å². The molecule has 0 aromatic rings. The molecular formula is C79H154O17P2. The second-order valence-corrected chi connectivity index (χ2v) is 33.0. The van der Waals surface area contributed by atoms with Crippen molar-refractivity contribution in [3.63, 3.8) is 0 Å². The van der Waals surface area contributed by atoms with Gasteiger partial charge in [-0.3, -0.25) is 37.3 Å². The van der Waals surface area contributed by atoms with Crippen LogP contribution in [0.25, 0.3) is 0 Å². The maximum Gasteiger partial charge on any atom is 0.472 e. The van der Waals surface area contributed by atoms with Crippen molar-refractivity contribution in [1.82, 2.24) is 0 Å². The average molecular weight is 1440 g/mol. The SMILES string of the molecule is CCC(C)CCCCCCCCCCCCC(=O)O[C@H](COC(=O)CCCCCCCCCC(C)C)COP(=O)(O)OCC(O)COP(=O)(O)OC[C@@H](COC(=O)CCCCCCCCCCCCCCC(C)C)OC(=O)CCCCCCCCCCCCCCCCCCC(C)C. The number of hydrogen-bond donors (Lipinski definition) is 3. The van der Waals surface area contributed by atoms with Gasteiger partial charge in [0.05, 0.1) is 26.4 Å². The standard InChI is InChI=1S/C79H154O17P2/c1-9-72(8)58-50-42-34-26-22-23-29-37-46-54-62-79(84)96-75(66-90-77(82)60-52-44-38-30-33-41-49-57-71(6)7)68-94-98(87,88)92-64-73(80)63-91-97(85,86)93-67-74(65-89-76(81)59-51-43-35-27-20-17-16-19-25-32-40-48-56-70(4)5)95-78(83)61-53-45-36-28-21-15-13-11-10-12-14-18-24-31-39-47-55-69(2)3/h69-75,80H,9-68H2,1-8H3,(H,85,86)(H,87,88)/t72?,73?,74-,75-/m1/s1. The van der Waals surface area contributed by atoms with Crippen molar-refractivity contribution < 1.29 is 80.2 Å². The maximum absolute atomic E-state index is 13.1. The predicted octanol–water partition coefficient (Wildman–Crippen LogP) is 23.2. The van der Waals surface area contributed by atoms with E-state index in [9.17, 15) is 43.2 Å². The summed E-state index contributed by atoms with van der Waals surface area (Å²) in [5.74, 6) is 0.982. The van der Waals surface area contributed by atoms with Crippen molar-refractivity contribution in [1.29, 1.82) is 0 Å². The van der Waals surface area contributed by atoms with E-state index >= 15 is 0 Å². The molecule has 0 aromatic heterocycles. The van der Waals surface area contributed by atoms with Crippen molar-refractivity contribution >= 4 is 39.5 Å². The average Bonchev–Trinajstić information content (AvgIpc) is 1.01. The van der Waals surface area contributed by atoms with E-state index in [1.54, 1.807) is 0 Å². The van der Waals surface area contributed by atoms with Crippen LogP contribution in [0.3, 0.4) is 0 Å². The lowest BCUT2D eigenvalue weighted by Crippen LogP contribution is -2.30. The molecule has 0 aliphatic carbocycles. The van der Waals surface area contributed by atoms with Crippen LogP contribution in [0.5, 0.6) is 0 Å². The molecule has 0 aliphatic heterocycles. The first-order chi connectivity index (χ1) is 47.1. The third-order valence-electron chi connectivity index (χ3n) is 18.7. The fourth-order valence-electron chi connectivity index (χ4n) is 12.0. The minimum Gasteiger partial charge on any atom is -0.462 e. The van der Waals surface area contributed by atoms with E-state index in [1.165, 1.54) is 199 Å². The zero-order chi connectivity index (χ0) is 72.4. The second kappa shape index (κ2) is 68.2. The number of hydrogen-bond acceptors (Lipinski definition) is 15. The fraction of sp³-hybridized carbons (Fsp3) is 0.949. The molecule has 0 amide bonds. The van der Waals surface area contributed by atoms with Gasteiger partial charge in [-0.1, -0.05) is 351 Å². The normalized spacial score (nSPS) is 14.3. The third-order valence-corrected chi connectivity index (χ3v) is 20.6. The molecule has 17 nitrogen and oxygen atoms in total. The smallest absolute Gasteiger partial charge is 0.462 e. The quantitative estimate of drug-likeness (QED) is 0.0222. The Labute approximate surface area is 600 Å². The van der Waals surface area contributed by atoms with Crippen LogP contribution >= 0.6 is 15.6 Å². The van der Waals surface area contributed by atoms with Crippen LogP contribution in [-0.2, 0) is 65.4 Å². The van der Waals surface area contributed by atoms with Crippen molar-refractivity contribution in [2.45, 2.75) is 420 Å². The van der Waals surface area contributed by atoms with Gasteiger partial charge in [0.25, 0.3) is 0 Å². The Kier molecular flexibility index (Phi) is 66.8. The molecule has 0 radical (unpaired) electrons. The lowest BCUT2D eigenvalue weighted by atomic mass is 9.99. The molecule has 98 heavy (non-hydrogen) atoms. The van der Waals surface area contributed by atoms with E-state index < -0.39 is 97.5 Å². The summed E-state index contributed by atoms with van der Waals surface area (Å²) in [5, 5.41) is 10.6. The van der Waals surface area contributed by atoms with Gasteiger partial charge in [-0.25, -0.2) is 9.13 Å². The lowest BCUT2D eigenvalue weighted by Gasteiger charge is -2.21. The highest BCUT2D eigenvalue weighted by Crippen LogP contribution is 2.45. The first-order valence-electron chi connectivity index (χ1n) is 40.7. The molecule has 0 aliphatic rings. The Morgan fingerprint density at radius 2 is 0.490 bits per heavy atom. The molecule has 582 valence electrons. The van der Waals surface area contributed by atoms with Gasteiger partial charge >= 0.3 is 39.5 Å². The molecule has 0 spiro atoms. The van der Waals surface area contributed by atoms with Crippen LogP contribution in [0.1, 0.15) is 402 Å². The molecular weight excluding hydrogens is 1280 g/mol. The van der Waals surface area contributed by atoms with Crippen LogP contribution in [0, 0.1) is 23.7 Å². The monoisotopic (exact) mass is 1440 g/mol. The van der Waals surface area contributed by atoms with Crippen molar-refractivity contribution in [2.24, 2.45) is 23.7 Å². The van der Waals surface area contributed by atoms with Crippen molar-refractivity contribution in [3.8, 4) is 0 Å². The molecule has 0 heterocycles. The summed E-state index contributed by atoms with van der Waals surface area (Å²) in [6, 6.07) is 0. The predicted molar refractivity (Wildman–Crippen MR) is 400 cm³/mol. The Morgan fingerprint density at radius 1 is 0.286 bits per heavy atom. The number of phosphoric acid groups is 2. The fourth-order valence-corrected chi connectivity index (χ4v) is 13.6. The summed E-state index contributed by atoms with van der Waals surface area (Å²) in [6.45, 7) is 14.2. The molecule has 19 heteroatoms. The number of aliphatic hydroxyl groups is 1. The highest BCUT2D eigenvalue weighted by atomic mass is 31.2. The summed E-state index contributed by atoms with van der Waals surface area (Å²) in [5.41, 5.74) is 0. The van der Waals surface area contributed by atoms with Crippen molar-refractivity contribution in [2.75, 3.05) is 39.6 Å². The van der Waals surface area contributed by atoms with Crippen molar-refractivity contribution in [3.05, 3.63) is 0 Å². The van der Waals surface area contributed by atoms with Crippen LogP contribution in [0.2, 0.25) is 0 Å². The van der Waals surface area contributed by atoms with Gasteiger partial charge in [0.15, 0.2) is 12.2 Å². The minimum atomic E-state index is -4.96. The largest absolute Gasteiger partial charge is 0.472 e. The van der Waals surface area contributed by atoms with E-state index in [-0.39, 0.29) is 25.7 Å². The Hall–Kier alpha value is -1.94. The number of ether oxygens (including phenoxy) is 4. The van der Waals surface area contributed by atoms with Gasteiger partial charge in [0, 0.05) is 25.7 Å². The van der Waals surface area contributed by atoms with Gasteiger partial charge in [0.2, 0.25) is 0 Å². The summed E-state index contributed by atoms with van der Waals surface area (Å²) >= 11 is 0. The van der Waals surface area contributed by atoms with E-state index in [0.717, 1.165) is 114 Å². The number of rotatable bonds is 76. The first-order valence-corrected chi connectivity index (χ1v) is 43.7. The van der Waals surface area contributed by atoms with Gasteiger partial charge in [0.1, 0.15) is 19.3 Å². The number of carbonyl (C=O) groups excluding carboxylic acids is 4. The molecule has 0 rings (SSSR count). The number of unbranched alkanes of at least 4 members (excludes halogenated alkanes) is 41. The van der Waals surface area contributed by atoms with Gasteiger partial charge in [-0.2, -0.15) is 0 Å². The summed E-state index contributed by atoms with van der Waals surface area (Å²) in [7, 11) is -9.92. The number of phosphoric ester groups is 2. The number of esters is 4. The highest BCUT2D eigenvalue weighted by Gasteiger charge is 2.30. The van der Waals surface area contributed by atoms with Crippen LogP contribution in [-0.4, -0.2) is 96.7 Å². The minimum absolute atomic E-state index is 0.105. The summed E-state index contributed by atoms with van der Waals surface area (Å²) in [4.78, 5) is 72.9. The van der Waals surface area contributed by atoms with E-state index in [1.807, 2.05) is 0 Å². The molecule has 4 unspecified atom stereocenters. The molecule has 0 fully saturated rings. The molecule has 6 atom stereocenters. The Bertz CT molecular complexity index is 1920. The Balaban J connectivity index is 5.25. The Morgan fingerprint density at radius 3 is 0.724 bits per heavy atom. The third kappa shape index (κ3) is 71.1. The summed E-state index contributed by atoms with van der Waals surface area (Å²) < 4.78 is 68.6. The molecule has 0 aromatic carbocycles. The first kappa shape index (κ1) is 96.1. The van der Waals surface area contributed by atoms with Crippen LogP contribution in [0.15, 0.2) is 0 Å². The molecule has 0 bridgehead atoms. The van der Waals surface area contributed by atoms with E-state index in [2.05, 4.69) is 55.4 Å². The topological polar surface area (TPSA) is 237 Å². The zero-order valence-corrected chi connectivity index (χ0v) is 66.2. The number of carbonyl (C=O) groups is 4. The summed E-state index contributed by atoms with van der Waals surface area (Å²) in [6.07, 6.45) is 54.1. The molecule has 0 saturated carbocycles. The molecule has 3 N–H and O–H groups in total. The number of aliphatic hydroxyl groups excluding tert-OH is 1. The van der Waals surface area contributed by atoms with Gasteiger partial charge in [-0.15, -0.1) is 0 Å². The lowest BCUT2D eigenvalue weighted by molar-refractivity contribution is -0.161. The van der Waals surface area contributed by atoms with Crippen LogP contribution < -0.4 is 0 Å². The molecule has 0 saturated heterocycles. The van der Waals surface area contributed by atoms with Gasteiger partial charge in [-0.05, 0) is 49.4 Å². The van der Waals surface area contributed by atoms with Gasteiger partial charge < -0.3 is 33.8 Å². The zero-order valence-electron chi connectivity index (χ0n) is 64.4. The highest BCUT2D eigenvalue weighted by molar-refractivity contribution is 7.47.